The number of hydrogen-bond donors (Lipinski definition) is 0. The van der Waals surface area contributed by atoms with Gasteiger partial charge in [-0.25, -0.2) is 0 Å². The second kappa shape index (κ2) is 7.89. The van der Waals surface area contributed by atoms with Gasteiger partial charge in [0.15, 0.2) is 0 Å². The molecule has 144 valence electrons. The average molecular weight is 405 g/mol. The molecule has 28 heavy (non-hydrogen) atoms. The molecule has 0 aliphatic heterocycles. The van der Waals surface area contributed by atoms with Crippen molar-refractivity contribution in [3.63, 3.8) is 0 Å². The molecule has 0 nitrogen and oxygen atoms in total. The zero-order valence-corrected chi connectivity index (χ0v) is 18.8. The maximum atomic E-state index is 7.86. The predicted octanol–water partition coefficient (Wildman–Crippen LogP) is 7.39. The van der Waals surface area contributed by atoms with E-state index in [2.05, 4.69) is 99.7 Å². The van der Waals surface area contributed by atoms with Crippen LogP contribution in [0.4, 0.5) is 0 Å². The molecule has 0 saturated carbocycles. The Morgan fingerprint density at radius 1 is 0.857 bits per heavy atom. The van der Waals surface area contributed by atoms with Gasteiger partial charge in [-0.15, -0.1) is 0 Å². The first-order valence-corrected chi connectivity index (χ1v) is 13.6. The SMILES string of the molecule is Cc1cc2c(C(C)C)ccccc-2c1[Si](Cl)(C1C=CCC=C1)C1C=CCC=C1. The highest BCUT2D eigenvalue weighted by molar-refractivity contribution is 7.30. The van der Waals surface area contributed by atoms with Crippen LogP contribution in [-0.2, 0) is 0 Å². The predicted molar refractivity (Wildman–Crippen MR) is 126 cm³/mol. The van der Waals surface area contributed by atoms with Crippen LogP contribution < -0.4 is 5.19 Å². The van der Waals surface area contributed by atoms with Gasteiger partial charge in [-0.05, 0) is 53.1 Å². The van der Waals surface area contributed by atoms with Crippen LogP contribution in [0.1, 0.15) is 43.7 Å². The first kappa shape index (κ1) is 19.5. The van der Waals surface area contributed by atoms with Gasteiger partial charge in [0.25, 0.3) is 0 Å². The number of halogens is 1. The maximum Gasteiger partial charge on any atom is 0.208 e. The number of aryl methyl sites for hydroxylation is 1. The Morgan fingerprint density at radius 2 is 1.39 bits per heavy atom. The largest absolute Gasteiger partial charge is 0.208 e. The van der Waals surface area contributed by atoms with Crippen molar-refractivity contribution in [3.05, 3.63) is 90.1 Å². The van der Waals surface area contributed by atoms with Crippen molar-refractivity contribution in [2.45, 2.75) is 50.6 Å². The van der Waals surface area contributed by atoms with E-state index in [1.165, 1.54) is 27.4 Å². The van der Waals surface area contributed by atoms with E-state index in [0.29, 0.717) is 17.0 Å². The lowest BCUT2D eigenvalue weighted by Gasteiger charge is -2.37. The van der Waals surface area contributed by atoms with Crippen LogP contribution in [0.5, 0.6) is 0 Å². The van der Waals surface area contributed by atoms with E-state index < -0.39 is 7.38 Å². The van der Waals surface area contributed by atoms with Crippen molar-refractivity contribution >= 4 is 23.6 Å². The summed E-state index contributed by atoms with van der Waals surface area (Å²) in [5, 5.41) is 1.42. The first-order chi connectivity index (χ1) is 13.5. The van der Waals surface area contributed by atoms with Gasteiger partial charge < -0.3 is 0 Å². The first-order valence-electron chi connectivity index (χ1n) is 10.4. The lowest BCUT2D eigenvalue weighted by atomic mass is 9.98. The van der Waals surface area contributed by atoms with Crippen LogP contribution in [0.15, 0.2) is 78.9 Å². The van der Waals surface area contributed by atoms with E-state index in [-0.39, 0.29) is 0 Å². The molecule has 0 saturated heterocycles. The van der Waals surface area contributed by atoms with Gasteiger partial charge in [-0.3, -0.25) is 0 Å². The van der Waals surface area contributed by atoms with Crippen LogP contribution in [-0.4, -0.2) is 7.38 Å². The van der Waals surface area contributed by atoms with Crippen molar-refractivity contribution in [2.24, 2.45) is 0 Å². The van der Waals surface area contributed by atoms with Gasteiger partial charge in [0.05, 0.1) is 0 Å². The van der Waals surface area contributed by atoms with E-state index in [0.717, 1.165) is 12.8 Å². The minimum atomic E-state index is -2.45. The molecule has 4 rings (SSSR count). The van der Waals surface area contributed by atoms with Crippen LogP contribution in [0, 0.1) is 6.92 Å². The molecule has 0 spiro atoms. The minimum absolute atomic E-state index is 0.303. The zero-order valence-electron chi connectivity index (χ0n) is 17.0. The number of hydrogen-bond acceptors (Lipinski definition) is 0. The van der Waals surface area contributed by atoms with Gasteiger partial charge in [-0.2, -0.15) is 11.1 Å². The molecule has 0 aromatic heterocycles. The van der Waals surface area contributed by atoms with Gasteiger partial charge in [0.2, 0.25) is 7.38 Å². The van der Waals surface area contributed by atoms with Gasteiger partial charge in [0.1, 0.15) is 0 Å². The van der Waals surface area contributed by atoms with Crippen molar-refractivity contribution in [2.75, 3.05) is 0 Å². The summed E-state index contributed by atoms with van der Waals surface area (Å²) in [7, 11) is -2.45. The summed E-state index contributed by atoms with van der Waals surface area (Å²) >= 11 is 7.86. The van der Waals surface area contributed by atoms with E-state index >= 15 is 0 Å². The molecular weight excluding hydrogens is 376 g/mol. The standard InChI is InChI=1S/C26H29ClSi/c1-19(2)23-16-10-11-17-24-25(23)18-20(3)26(24)28(27,21-12-6-4-7-13-21)22-14-8-5-9-15-22/h6-19,21-22H,4-5H2,1-3H3. The number of allylic oxidation sites excluding steroid dienone is 8. The van der Waals surface area contributed by atoms with Crippen LogP contribution >= 0.6 is 11.1 Å². The fourth-order valence-corrected chi connectivity index (χ4v) is 10.5. The van der Waals surface area contributed by atoms with E-state index in [9.17, 15) is 0 Å². The fourth-order valence-electron chi connectivity index (χ4n) is 4.84. The molecular formula is C26H29ClSi. The van der Waals surface area contributed by atoms with Crippen molar-refractivity contribution in [1.29, 1.82) is 0 Å². The van der Waals surface area contributed by atoms with E-state index in [1.54, 1.807) is 0 Å². The summed E-state index contributed by atoms with van der Waals surface area (Å²) in [5.74, 6) is 0.486. The lowest BCUT2D eigenvalue weighted by Crippen LogP contribution is -2.50. The monoisotopic (exact) mass is 404 g/mol. The Morgan fingerprint density at radius 3 is 1.93 bits per heavy atom. The van der Waals surface area contributed by atoms with Crippen molar-refractivity contribution < 1.29 is 0 Å². The number of fused-ring (bicyclic) bond motifs is 1. The van der Waals surface area contributed by atoms with E-state index in [4.69, 9.17) is 11.1 Å². The summed E-state index contributed by atoms with van der Waals surface area (Å²) < 4.78 is 0. The topological polar surface area (TPSA) is 0 Å². The smallest absolute Gasteiger partial charge is 0.159 e. The minimum Gasteiger partial charge on any atom is -0.159 e. The zero-order chi connectivity index (χ0) is 19.7. The third-order valence-corrected chi connectivity index (χ3v) is 12.4. The van der Waals surface area contributed by atoms with Crippen molar-refractivity contribution in [3.8, 4) is 11.1 Å². The molecule has 0 N–H and O–H groups in total. The Kier molecular flexibility index (Phi) is 5.49. The summed E-state index contributed by atoms with van der Waals surface area (Å²) in [5.41, 5.74) is 6.09. The normalized spacial score (nSPS) is 17.9. The highest BCUT2D eigenvalue weighted by Gasteiger charge is 2.48. The molecule has 0 aromatic rings. The average Bonchev–Trinajstić information content (AvgIpc) is 2.90. The number of rotatable bonds is 4. The second-order valence-electron chi connectivity index (χ2n) is 8.36. The Balaban J connectivity index is 1.97. The summed E-state index contributed by atoms with van der Waals surface area (Å²) in [6.45, 7) is 6.82. The highest BCUT2D eigenvalue weighted by Crippen LogP contribution is 2.46. The van der Waals surface area contributed by atoms with Gasteiger partial charge in [0, 0.05) is 11.1 Å². The second-order valence-corrected chi connectivity index (χ2v) is 13.6. The molecule has 0 atom stereocenters. The maximum absolute atomic E-state index is 7.86. The van der Waals surface area contributed by atoms with Gasteiger partial charge >= 0.3 is 0 Å². The third-order valence-electron chi connectivity index (χ3n) is 6.17. The Bertz CT molecular complexity index is 893. The molecule has 0 fully saturated rings. The Labute approximate surface area is 175 Å². The molecule has 0 heterocycles. The lowest BCUT2D eigenvalue weighted by molar-refractivity contribution is 0.871. The summed E-state index contributed by atoms with van der Waals surface area (Å²) in [4.78, 5) is 0. The van der Waals surface area contributed by atoms with Crippen LogP contribution in [0.25, 0.3) is 11.1 Å². The Hall–Kier alpha value is -1.83. The third kappa shape index (κ3) is 3.25. The highest BCUT2D eigenvalue weighted by atomic mass is 35.6. The fraction of sp³-hybridized carbons (Fsp3) is 0.308. The van der Waals surface area contributed by atoms with Crippen molar-refractivity contribution in [1.82, 2.24) is 0 Å². The van der Waals surface area contributed by atoms with Crippen LogP contribution in [0.2, 0.25) is 11.1 Å². The molecule has 0 amide bonds. The summed E-state index contributed by atoms with van der Waals surface area (Å²) in [6, 6.07) is 11.3. The van der Waals surface area contributed by atoms with Gasteiger partial charge in [-0.1, -0.05) is 92.8 Å². The van der Waals surface area contributed by atoms with E-state index in [1.807, 2.05) is 0 Å². The molecule has 0 bridgehead atoms. The molecule has 4 aliphatic rings. The quantitative estimate of drug-likeness (QED) is 0.283. The van der Waals surface area contributed by atoms with Crippen LogP contribution in [0.3, 0.4) is 0 Å². The molecule has 2 heteroatoms. The molecule has 0 radical (unpaired) electrons. The molecule has 4 aliphatic carbocycles. The summed E-state index contributed by atoms with van der Waals surface area (Å²) in [6.07, 6.45) is 20.6. The molecule has 0 unspecified atom stereocenters. The molecule has 0 aromatic carbocycles.